The highest BCUT2D eigenvalue weighted by Gasteiger charge is 2.22. The van der Waals surface area contributed by atoms with Gasteiger partial charge in [-0.3, -0.25) is 0 Å². The minimum Gasteiger partial charge on any atom is -0.464 e. The zero-order valence-electron chi connectivity index (χ0n) is 10.7. The lowest BCUT2D eigenvalue weighted by Crippen LogP contribution is -2.22. The van der Waals surface area contributed by atoms with Crippen molar-refractivity contribution < 1.29 is 9.53 Å². The summed E-state index contributed by atoms with van der Waals surface area (Å²) in [4.78, 5) is 12.1. The highest BCUT2D eigenvalue weighted by Crippen LogP contribution is 2.29. The van der Waals surface area contributed by atoms with E-state index in [0.717, 1.165) is 15.7 Å². The van der Waals surface area contributed by atoms with E-state index < -0.39 is 6.04 Å². The molecular weight excluding hydrogens is 362 g/mol. The van der Waals surface area contributed by atoms with Crippen molar-refractivity contribution in [1.29, 1.82) is 0 Å². The van der Waals surface area contributed by atoms with Gasteiger partial charge in [0.1, 0.15) is 0 Å². The third kappa shape index (κ3) is 3.75. The average Bonchev–Trinajstić information content (AvgIpc) is 2.94. The highest BCUT2D eigenvalue weighted by atomic mass is 79.9. The molecular formula is C14H13BrClNO2S. The van der Waals surface area contributed by atoms with Gasteiger partial charge in [-0.1, -0.05) is 11.6 Å². The third-order valence-electron chi connectivity index (χ3n) is 2.63. The third-order valence-corrected chi connectivity index (χ3v) is 4.54. The summed E-state index contributed by atoms with van der Waals surface area (Å²) in [6.07, 6.45) is 0. The molecule has 20 heavy (non-hydrogen) atoms. The number of thiophene rings is 1. The molecule has 0 fully saturated rings. The smallest absolute Gasteiger partial charge is 0.333 e. The van der Waals surface area contributed by atoms with Crippen LogP contribution in [0.2, 0.25) is 5.02 Å². The lowest BCUT2D eigenvalue weighted by molar-refractivity contribution is -0.144. The molecule has 0 aliphatic carbocycles. The van der Waals surface area contributed by atoms with Crippen LogP contribution in [0, 0.1) is 0 Å². The summed E-state index contributed by atoms with van der Waals surface area (Å²) in [6.45, 7) is 2.15. The molecule has 0 aliphatic rings. The zero-order valence-corrected chi connectivity index (χ0v) is 13.9. The van der Waals surface area contributed by atoms with E-state index in [9.17, 15) is 4.79 Å². The molecule has 0 saturated carbocycles. The number of ether oxygens (including phenoxy) is 1. The first-order valence-corrected chi connectivity index (χ1v) is 8.13. The van der Waals surface area contributed by atoms with Gasteiger partial charge in [-0.2, -0.15) is 11.3 Å². The molecule has 1 unspecified atom stereocenters. The first kappa shape index (κ1) is 15.4. The van der Waals surface area contributed by atoms with Gasteiger partial charge in [0, 0.05) is 10.2 Å². The Kier molecular flexibility index (Phi) is 5.46. The van der Waals surface area contributed by atoms with Crippen molar-refractivity contribution in [2.24, 2.45) is 0 Å². The second-order valence-corrected chi connectivity index (χ2v) is 6.06. The quantitative estimate of drug-likeness (QED) is 0.758. The van der Waals surface area contributed by atoms with Crippen molar-refractivity contribution in [2.45, 2.75) is 13.0 Å². The summed E-state index contributed by atoms with van der Waals surface area (Å²) in [6, 6.07) is 6.81. The lowest BCUT2D eigenvalue weighted by atomic mass is 10.1. The molecule has 1 N–H and O–H groups in total. The molecule has 3 nitrogen and oxygen atoms in total. The van der Waals surface area contributed by atoms with Gasteiger partial charge in [0.2, 0.25) is 0 Å². The summed E-state index contributed by atoms with van der Waals surface area (Å²) >= 11 is 10.9. The molecule has 0 aliphatic heterocycles. The van der Waals surface area contributed by atoms with Crippen LogP contribution in [0.15, 0.2) is 39.5 Å². The fraction of sp³-hybridized carbons (Fsp3) is 0.214. The zero-order chi connectivity index (χ0) is 14.5. The van der Waals surface area contributed by atoms with Crippen LogP contribution in [0.1, 0.15) is 18.5 Å². The Hall–Kier alpha value is -1.04. The van der Waals surface area contributed by atoms with Crippen molar-refractivity contribution in [2.75, 3.05) is 11.9 Å². The maximum Gasteiger partial charge on any atom is 0.333 e. The highest BCUT2D eigenvalue weighted by molar-refractivity contribution is 9.10. The summed E-state index contributed by atoms with van der Waals surface area (Å²) in [5.41, 5.74) is 1.69. The van der Waals surface area contributed by atoms with E-state index in [1.165, 1.54) is 0 Å². The largest absolute Gasteiger partial charge is 0.464 e. The molecule has 0 bridgehead atoms. The van der Waals surface area contributed by atoms with E-state index in [1.807, 2.05) is 29.0 Å². The molecule has 0 radical (unpaired) electrons. The molecule has 0 spiro atoms. The number of anilines is 1. The maximum absolute atomic E-state index is 12.1. The van der Waals surface area contributed by atoms with E-state index in [-0.39, 0.29) is 5.97 Å². The summed E-state index contributed by atoms with van der Waals surface area (Å²) < 4.78 is 5.89. The van der Waals surface area contributed by atoms with Crippen molar-refractivity contribution in [1.82, 2.24) is 0 Å². The second-order valence-electron chi connectivity index (χ2n) is 4.01. The second kappa shape index (κ2) is 7.11. The molecule has 6 heteroatoms. The normalized spacial score (nSPS) is 11.9. The number of carbonyl (C=O) groups excluding carboxylic acids is 1. The monoisotopic (exact) mass is 373 g/mol. The molecule has 106 valence electrons. The minimum atomic E-state index is -0.519. The Labute approximate surface area is 135 Å². The van der Waals surface area contributed by atoms with Gasteiger partial charge >= 0.3 is 5.97 Å². The minimum absolute atomic E-state index is 0.294. The van der Waals surface area contributed by atoms with Gasteiger partial charge < -0.3 is 10.1 Å². The SMILES string of the molecule is CCOC(=O)C(Nc1ccc(Cl)c(Br)c1)c1ccsc1. The van der Waals surface area contributed by atoms with Crippen LogP contribution < -0.4 is 5.32 Å². The molecule has 2 rings (SSSR count). The van der Waals surface area contributed by atoms with Crippen LogP contribution in [-0.2, 0) is 9.53 Å². The van der Waals surface area contributed by atoms with E-state index in [4.69, 9.17) is 16.3 Å². The number of halogens is 2. The van der Waals surface area contributed by atoms with Crippen molar-refractivity contribution in [3.8, 4) is 0 Å². The Morgan fingerprint density at radius 2 is 2.30 bits per heavy atom. The van der Waals surface area contributed by atoms with Crippen molar-refractivity contribution >= 4 is 50.5 Å². The van der Waals surface area contributed by atoms with Gasteiger partial charge in [0.15, 0.2) is 6.04 Å². The predicted molar refractivity (Wildman–Crippen MR) is 86.5 cm³/mol. The predicted octanol–water partition coefficient (Wildman–Crippen LogP) is 4.88. The average molecular weight is 375 g/mol. The van der Waals surface area contributed by atoms with Crippen LogP contribution in [-0.4, -0.2) is 12.6 Å². The Morgan fingerprint density at radius 1 is 1.50 bits per heavy atom. The van der Waals surface area contributed by atoms with Crippen molar-refractivity contribution in [3.05, 3.63) is 50.1 Å². The van der Waals surface area contributed by atoms with Gasteiger partial charge in [-0.15, -0.1) is 0 Å². The lowest BCUT2D eigenvalue weighted by Gasteiger charge is -2.18. The maximum atomic E-state index is 12.1. The molecule has 1 heterocycles. The van der Waals surface area contributed by atoms with Crippen LogP contribution in [0.25, 0.3) is 0 Å². The van der Waals surface area contributed by atoms with Crippen molar-refractivity contribution in [3.63, 3.8) is 0 Å². The number of esters is 1. The molecule has 1 aromatic heterocycles. The van der Waals surface area contributed by atoms with Gasteiger partial charge in [0.05, 0.1) is 11.6 Å². The van der Waals surface area contributed by atoms with Crippen LogP contribution in [0.5, 0.6) is 0 Å². The summed E-state index contributed by atoms with van der Waals surface area (Å²) in [5, 5.41) is 7.66. The van der Waals surface area contributed by atoms with Crippen LogP contribution in [0.3, 0.4) is 0 Å². The number of hydrogen-bond donors (Lipinski definition) is 1. The van der Waals surface area contributed by atoms with Crippen LogP contribution in [0.4, 0.5) is 5.69 Å². The standard InChI is InChI=1S/C14H13BrClNO2S/c1-2-19-14(18)13(9-5-6-20-8-9)17-10-3-4-12(16)11(15)7-10/h3-8,13,17H,2H2,1H3. The number of hydrogen-bond acceptors (Lipinski definition) is 4. The van der Waals surface area contributed by atoms with Crippen LogP contribution >= 0.6 is 38.9 Å². The molecule has 0 saturated heterocycles. The first-order chi connectivity index (χ1) is 9.61. The van der Waals surface area contributed by atoms with E-state index in [1.54, 1.807) is 24.3 Å². The summed E-state index contributed by atoms with van der Waals surface area (Å²) in [5.74, 6) is -0.294. The van der Waals surface area contributed by atoms with E-state index >= 15 is 0 Å². The number of nitrogens with one attached hydrogen (secondary N) is 1. The molecule has 1 aromatic carbocycles. The Morgan fingerprint density at radius 3 is 2.90 bits per heavy atom. The summed E-state index contributed by atoms with van der Waals surface area (Å²) in [7, 11) is 0. The Balaban J connectivity index is 2.23. The first-order valence-electron chi connectivity index (χ1n) is 6.02. The number of rotatable bonds is 5. The fourth-order valence-electron chi connectivity index (χ4n) is 1.70. The fourth-order valence-corrected chi connectivity index (χ4v) is 2.88. The van der Waals surface area contributed by atoms with Gasteiger partial charge in [-0.25, -0.2) is 4.79 Å². The number of carbonyl (C=O) groups is 1. The van der Waals surface area contributed by atoms with Gasteiger partial charge in [0.25, 0.3) is 0 Å². The molecule has 1 atom stereocenters. The topological polar surface area (TPSA) is 38.3 Å². The molecule has 0 amide bonds. The number of benzene rings is 1. The molecule has 2 aromatic rings. The van der Waals surface area contributed by atoms with Gasteiger partial charge in [-0.05, 0) is 63.4 Å². The Bertz CT molecular complexity index is 589. The van der Waals surface area contributed by atoms with E-state index in [0.29, 0.717) is 11.6 Å². The van der Waals surface area contributed by atoms with E-state index in [2.05, 4.69) is 21.2 Å².